The molecule has 0 bridgehead atoms. The van der Waals surface area contributed by atoms with Crippen LogP contribution in [0.4, 0.5) is 9.52 Å². The second kappa shape index (κ2) is 14.3. The lowest BCUT2D eigenvalue weighted by atomic mass is 9.94. The molecule has 4 aromatic carbocycles. The first kappa shape index (κ1) is 33.3. The molecule has 1 aromatic heterocycles. The van der Waals surface area contributed by atoms with Gasteiger partial charge in [-0.15, -0.1) is 10.2 Å². The second-order valence-corrected chi connectivity index (χ2v) is 14.0. The lowest BCUT2D eigenvalue weighted by Crippen LogP contribution is -2.29. The fourth-order valence-electron chi connectivity index (χ4n) is 5.97. The Morgan fingerprint density at radius 3 is 2.56 bits per heavy atom. The Labute approximate surface area is 296 Å². The Kier molecular flexibility index (Phi) is 9.55. The number of hydrogen-bond donors (Lipinski definition) is 1. The summed E-state index contributed by atoms with van der Waals surface area (Å²) in [4.78, 5) is 29.0. The first-order valence-corrected chi connectivity index (χ1v) is 17.8. The third kappa shape index (κ3) is 6.81. The highest BCUT2D eigenvalue weighted by Crippen LogP contribution is 2.46. The molecule has 7 rings (SSSR count). The van der Waals surface area contributed by atoms with Crippen LogP contribution < -0.4 is 19.1 Å². The van der Waals surface area contributed by atoms with Gasteiger partial charge in [0.15, 0.2) is 15.8 Å². The summed E-state index contributed by atoms with van der Waals surface area (Å²) in [5.41, 5.74) is 3.59. The summed E-state index contributed by atoms with van der Waals surface area (Å²) in [5.74, 6) is -0.200. The van der Waals surface area contributed by atoms with Gasteiger partial charge in [0.05, 0.1) is 18.2 Å². The number of halogens is 1. The Morgan fingerprint density at radius 1 is 0.980 bits per heavy atom. The first-order chi connectivity index (χ1) is 24.3. The third-order valence-electron chi connectivity index (χ3n) is 8.31. The molecular weight excluding hydrogens is 678 g/mol. The molecule has 1 fully saturated rings. The minimum atomic E-state index is -1.05. The van der Waals surface area contributed by atoms with Gasteiger partial charge in [-0.1, -0.05) is 71.6 Å². The molecule has 0 unspecified atom stereocenters. The lowest BCUT2D eigenvalue weighted by molar-refractivity contribution is -0.132. The molecule has 0 saturated carbocycles. The van der Waals surface area contributed by atoms with E-state index in [0.717, 1.165) is 33.8 Å². The van der Waals surface area contributed by atoms with Crippen LogP contribution in [-0.2, 0) is 28.4 Å². The quantitative estimate of drug-likeness (QED) is 0.0481. The van der Waals surface area contributed by atoms with Gasteiger partial charge in [-0.3, -0.25) is 14.5 Å². The van der Waals surface area contributed by atoms with Crippen molar-refractivity contribution in [2.24, 2.45) is 0 Å². The molecule has 12 heteroatoms. The number of benzene rings is 4. The standard InChI is InChI=1S/C38H32FN3O6S2/c1-3-46-31-19-25(11-16-30(31)47-20-23-7-5-4-6-8-23)33-32(34(43)26-12-15-29-27(18-26)17-22(2)48-29)35(44)36(45)42(33)37-40-41-38(50-37)49-21-24-9-13-28(39)14-10-24/h4-16,18-19,22,33,43H,3,17,20-21H2,1-2H3/t22-,33-/m0/s1. The Morgan fingerprint density at radius 2 is 1.78 bits per heavy atom. The van der Waals surface area contributed by atoms with Gasteiger partial charge >= 0.3 is 5.91 Å². The van der Waals surface area contributed by atoms with Crippen LogP contribution in [0.25, 0.3) is 5.76 Å². The van der Waals surface area contributed by atoms with Crippen molar-refractivity contribution in [3.8, 4) is 17.2 Å². The molecule has 0 spiro atoms. The van der Waals surface area contributed by atoms with Crippen LogP contribution in [0.15, 0.2) is 101 Å². The van der Waals surface area contributed by atoms with Crippen molar-refractivity contribution < 1.29 is 33.3 Å². The molecule has 2 atom stereocenters. The number of aromatic nitrogens is 2. The Hall–Kier alpha value is -5.20. The van der Waals surface area contributed by atoms with Gasteiger partial charge in [0.2, 0.25) is 5.13 Å². The number of aliphatic hydroxyl groups excluding tert-OH is 1. The summed E-state index contributed by atoms with van der Waals surface area (Å²) < 4.78 is 31.9. The molecule has 1 amide bonds. The molecule has 5 aromatic rings. The second-order valence-electron chi connectivity index (χ2n) is 11.8. The minimum absolute atomic E-state index is 0.0138. The smallest absolute Gasteiger partial charge is 0.301 e. The minimum Gasteiger partial charge on any atom is -0.507 e. The summed E-state index contributed by atoms with van der Waals surface area (Å²) in [6.07, 6.45) is 0.639. The predicted molar refractivity (Wildman–Crippen MR) is 189 cm³/mol. The SMILES string of the molecule is CCOc1cc([C@H]2C(=C(O)c3ccc4c(c3)C[C@H](C)O4)C(=O)C(=O)N2c2nnc(SCc3ccc(F)cc3)s2)ccc1OCc1ccccc1. The van der Waals surface area contributed by atoms with E-state index < -0.39 is 17.7 Å². The number of ether oxygens (including phenoxy) is 3. The summed E-state index contributed by atoms with van der Waals surface area (Å²) in [5, 5.41) is 20.6. The van der Waals surface area contributed by atoms with E-state index in [0.29, 0.717) is 52.4 Å². The van der Waals surface area contributed by atoms with E-state index in [1.165, 1.54) is 28.8 Å². The molecular formula is C38H32FN3O6S2. The summed E-state index contributed by atoms with van der Waals surface area (Å²) in [6.45, 7) is 4.46. The van der Waals surface area contributed by atoms with Crippen molar-refractivity contribution in [1.82, 2.24) is 10.2 Å². The van der Waals surface area contributed by atoms with Crippen molar-refractivity contribution in [1.29, 1.82) is 0 Å². The average molecular weight is 710 g/mol. The summed E-state index contributed by atoms with van der Waals surface area (Å²) in [7, 11) is 0. The molecule has 0 radical (unpaired) electrons. The monoisotopic (exact) mass is 709 g/mol. The molecule has 50 heavy (non-hydrogen) atoms. The molecule has 2 aliphatic rings. The van der Waals surface area contributed by atoms with Gasteiger partial charge < -0.3 is 19.3 Å². The van der Waals surface area contributed by atoms with E-state index in [9.17, 15) is 19.1 Å². The number of ketones is 1. The molecule has 2 aliphatic heterocycles. The number of nitrogens with zero attached hydrogens (tertiary/aromatic N) is 3. The molecule has 0 aliphatic carbocycles. The Bertz CT molecular complexity index is 2090. The number of hydrogen-bond acceptors (Lipinski definition) is 10. The lowest BCUT2D eigenvalue weighted by Gasteiger charge is -2.24. The third-order valence-corrected chi connectivity index (χ3v) is 10.4. The summed E-state index contributed by atoms with van der Waals surface area (Å²) >= 11 is 2.53. The van der Waals surface area contributed by atoms with Crippen LogP contribution in [0, 0.1) is 5.82 Å². The zero-order valence-corrected chi connectivity index (χ0v) is 28.8. The number of carbonyl (C=O) groups is 2. The highest BCUT2D eigenvalue weighted by molar-refractivity contribution is 8.00. The molecule has 3 heterocycles. The van der Waals surface area contributed by atoms with E-state index >= 15 is 0 Å². The van der Waals surface area contributed by atoms with Crippen molar-refractivity contribution in [3.63, 3.8) is 0 Å². The molecule has 254 valence electrons. The highest BCUT2D eigenvalue weighted by Gasteiger charge is 2.48. The van der Waals surface area contributed by atoms with E-state index in [4.69, 9.17) is 14.2 Å². The normalized spacial score (nSPS) is 17.9. The number of amides is 1. The number of thioether (sulfide) groups is 1. The number of rotatable bonds is 11. The van der Waals surface area contributed by atoms with Crippen LogP contribution in [0.1, 0.15) is 47.7 Å². The van der Waals surface area contributed by atoms with Crippen LogP contribution in [0.5, 0.6) is 17.2 Å². The van der Waals surface area contributed by atoms with Gasteiger partial charge in [0.25, 0.3) is 5.78 Å². The zero-order chi connectivity index (χ0) is 34.8. The fraction of sp³-hybridized carbons (Fsp3) is 0.211. The molecule has 1 N–H and O–H groups in total. The van der Waals surface area contributed by atoms with Crippen molar-refractivity contribution in [2.45, 2.75) is 49.1 Å². The highest BCUT2D eigenvalue weighted by atomic mass is 32.2. The van der Waals surface area contributed by atoms with E-state index in [-0.39, 0.29) is 28.4 Å². The largest absolute Gasteiger partial charge is 0.507 e. The number of fused-ring (bicyclic) bond motifs is 1. The molecule has 1 saturated heterocycles. The number of anilines is 1. The zero-order valence-electron chi connectivity index (χ0n) is 27.2. The number of aliphatic hydroxyl groups is 1. The first-order valence-electron chi connectivity index (χ1n) is 16.0. The van der Waals surface area contributed by atoms with Crippen molar-refractivity contribution >= 4 is 45.7 Å². The van der Waals surface area contributed by atoms with E-state index in [2.05, 4.69) is 10.2 Å². The Balaban J connectivity index is 1.27. The van der Waals surface area contributed by atoms with Gasteiger partial charge in [-0.25, -0.2) is 4.39 Å². The van der Waals surface area contributed by atoms with Crippen molar-refractivity contribution in [2.75, 3.05) is 11.5 Å². The average Bonchev–Trinajstić information content (AvgIpc) is 3.82. The van der Waals surface area contributed by atoms with Gasteiger partial charge in [0, 0.05) is 17.7 Å². The predicted octanol–water partition coefficient (Wildman–Crippen LogP) is 7.90. The van der Waals surface area contributed by atoms with Gasteiger partial charge in [-0.2, -0.15) is 0 Å². The van der Waals surface area contributed by atoms with E-state index in [1.807, 2.05) is 44.2 Å². The van der Waals surface area contributed by atoms with Crippen LogP contribution in [0.3, 0.4) is 0 Å². The maximum absolute atomic E-state index is 13.9. The van der Waals surface area contributed by atoms with Gasteiger partial charge in [0.1, 0.15) is 30.0 Å². The maximum atomic E-state index is 13.9. The van der Waals surface area contributed by atoms with Crippen LogP contribution >= 0.6 is 23.1 Å². The maximum Gasteiger partial charge on any atom is 0.301 e. The molecule has 9 nitrogen and oxygen atoms in total. The topological polar surface area (TPSA) is 111 Å². The van der Waals surface area contributed by atoms with E-state index in [1.54, 1.807) is 48.5 Å². The van der Waals surface area contributed by atoms with Crippen LogP contribution in [0.2, 0.25) is 0 Å². The van der Waals surface area contributed by atoms with Crippen molar-refractivity contribution in [3.05, 3.63) is 130 Å². The number of carbonyl (C=O) groups excluding carboxylic acids is 2. The fourth-order valence-corrected chi connectivity index (χ4v) is 7.79. The van der Waals surface area contributed by atoms with Crippen LogP contribution in [-0.4, -0.2) is 39.7 Å². The number of Topliss-reactive ketones (excluding diaryl/α,β-unsaturated/α-hetero) is 1. The van der Waals surface area contributed by atoms with Gasteiger partial charge in [-0.05, 0) is 78.6 Å². The summed E-state index contributed by atoms with van der Waals surface area (Å²) in [6, 6.07) is 25.3.